The van der Waals surface area contributed by atoms with E-state index in [2.05, 4.69) is 21.1 Å². The molecule has 0 radical (unpaired) electrons. The third-order valence-corrected chi connectivity index (χ3v) is 3.00. The SMILES string of the molecule is COC(=O)NCc1cc2c(C)cc(C)cc2[nH]c1=O. The quantitative estimate of drug-likeness (QED) is 0.867. The Balaban J connectivity index is 2.44. The number of aromatic amines is 1. The first-order valence-corrected chi connectivity index (χ1v) is 5.96. The molecule has 1 amide bonds. The van der Waals surface area contributed by atoms with Gasteiger partial charge in [-0.2, -0.15) is 0 Å². The van der Waals surface area contributed by atoms with Crippen molar-refractivity contribution < 1.29 is 9.53 Å². The molecule has 1 aromatic carbocycles. The largest absolute Gasteiger partial charge is 0.453 e. The molecule has 1 heterocycles. The van der Waals surface area contributed by atoms with Crippen molar-refractivity contribution in [2.45, 2.75) is 20.4 Å². The van der Waals surface area contributed by atoms with Crippen molar-refractivity contribution in [2.75, 3.05) is 7.11 Å². The highest BCUT2D eigenvalue weighted by atomic mass is 16.5. The highest BCUT2D eigenvalue weighted by Gasteiger charge is 2.07. The minimum absolute atomic E-state index is 0.144. The number of alkyl carbamates (subject to hydrolysis) is 1. The molecule has 0 saturated heterocycles. The number of methoxy groups -OCH3 is 1. The second-order valence-corrected chi connectivity index (χ2v) is 4.51. The van der Waals surface area contributed by atoms with Gasteiger partial charge in [0.25, 0.3) is 5.56 Å². The summed E-state index contributed by atoms with van der Waals surface area (Å²) in [5, 5.41) is 3.48. The Morgan fingerprint density at radius 3 is 2.74 bits per heavy atom. The molecule has 0 aliphatic carbocycles. The van der Waals surface area contributed by atoms with Gasteiger partial charge >= 0.3 is 6.09 Å². The van der Waals surface area contributed by atoms with E-state index in [-0.39, 0.29) is 12.1 Å². The second kappa shape index (κ2) is 5.14. The molecule has 2 rings (SSSR count). The van der Waals surface area contributed by atoms with E-state index in [4.69, 9.17) is 0 Å². The van der Waals surface area contributed by atoms with Crippen molar-refractivity contribution in [3.63, 3.8) is 0 Å². The molecule has 1 aromatic heterocycles. The van der Waals surface area contributed by atoms with Crippen molar-refractivity contribution in [3.05, 3.63) is 45.2 Å². The molecular formula is C14H16N2O3. The van der Waals surface area contributed by atoms with E-state index < -0.39 is 6.09 Å². The number of carbonyl (C=O) groups is 1. The van der Waals surface area contributed by atoms with E-state index >= 15 is 0 Å². The van der Waals surface area contributed by atoms with Crippen LogP contribution in [0.1, 0.15) is 16.7 Å². The number of benzene rings is 1. The van der Waals surface area contributed by atoms with E-state index in [1.807, 2.05) is 19.9 Å². The minimum Gasteiger partial charge on any atom is -0.453 e. The number of rotatable bonds is 2. The maximum absolute atomic E-state index is 11.9. The van der Waals surface area contributed by atoms with Crippen LogP contribution in [0, 0.1) is 13.8 Å². The Morgan fingerprint density at radius 2 is 2.05 bits per heavy atom. The summed E-state index contributed by atoms with van der Waals surface area (Å²) in [7, 11) is 1.28. The zero-order valence-electron chi connectivity index (χ0n) is 11.2. The summed E-state index contributed by atoms with van der Waals surface area (Å²) in [5.41, 5.74) is 3.30. The number of hydrogen-bond donors (Lipinski definition) is 2. The van der Waals surface area contributed by atoms with Gasteiger partial charge in [-0.15, -0.1) is 0 Å². The van der Waals surface area contributed by atoms with Crippen LogP contribution >= 0.6 is 0 Å². The molecule has 0 spiro atoms. The molecule has 0 saturated carbocycles. The lowest BCUT2D eigenvalue weighted by molar-refractivity contribution is 0.170. The molecule has 0 bridgehead atoms. The van der Waals surface area contributed by atoms with E-state index in [9.17, 15) is 9.59 Å². The van der Waals surface area contributed by atoms with Crippen LogP contribution < -0.4 is 10.9 Å². The van der Waals surface area contributed by atoms with Gasteiger partial charge in [-0.05, 0) is 37.1 Å². The van der Waals surface area contributed by atoms with E-state index in [0.717, 1.165) is 22.0 Å². The Hall–Kier alpha value is -2.30. The molecule has 5 heteroatoms. The summed E-state index contributed by atoms with van der Waals surface area (Å²) in [4.78, 5) is 25.8. The lowest BCUT2D eigenvalue weighted by Gasteiger charge is -2.08. The third kappa shape index (κ3) is 2.76. The van der Waals surface area contributed by atoms with Gasteiger partial charge in [0.05, 0.1) is 13.7 Å². The van der Waals surface area contributed by atoms with Crippen molar-refractivity contribution in [3.8, 4) is 0 Å². The molecule has 5 nitrogen and oxygen atoms in total. The van der Waals surface area contributed by atoms with Crippen molar-refractivity contribution in [1.29, 1.82) is 0 Å². The fraction of sp³-hybridized carbons (Fsp3) is 0.286. The van der Waals surface area contributed by atoms with Gasteiger partial charge in [0.15, 0.2) is 0 Å². The highest BCUT2D eigenvalue weighted by Crippen LogP contribution is 2.18. The van der Waals surface area contributed by atoms with Crippen LogP contribution in [-0.2, 0) is 11.3 Å². The number of pyridine rings is 1. The average molecular weight is 260 g/mol. The third-order valence-electron chi connectivity index (χ3n) is 3.00. The predicted molar refractivity (Wildman–Crippen MR) is 73.3 cm³/mol. The number of fused-ring (bicyclic) bond motifs is 1. The normalized spacial score (nSPS) is 10.5. The maximum atomic E-state index is 11.9. The van der Waals surface area contributed by atoms with Crippen LogP contribution in [0.15, 0.2) is 23.0 Å². The fourth-order valence-electron chi connectivity index (χ4n) is 2.09. The summed E-state index contributed by atoms with van der Waals surface area (Å²) in [6.45, 7) is 4.12. The number of carbonyl (C=O) groups excluding carboxylic acids is 1. The molecule has 0 aliphatic heterocycles. The Labute approximate surface area is 110 Å². The maximum Gasteiger partial charge on any atom is 0.407 e. The van der Waals surface area contributed by atoms with Crippen LogP contribution in [-0.4, -0.2) is 18.2 Å². The van der Waals surface area contributed by atoms with Gasteiger partial charge < -0.3 is 15.0 Å². The van der Waals surface area contributed by atoms with Gasteiger partial charge in [-0.25, -0.2) is 4.79 Å². The first kappa shape index (κ1) is 13.1. The molecule has 0 aliphatic rings. The summed E-state index contributed by atoms with van der Waals surface area (Å²) >= 11 is 0. The standard InChI is InChI=1S/C14H16N2O3/c1-8-4-9(2)11-6-10(7-15-14(18)19-3)13(17)16-12(11)5-8/h4-6H,7H2,1-3H3,(H,15,18)(H,16,17). The molecule has 100 valence electrons. The number of hydrogen-bond acceptors (Lipinski definition) is 3. The zero-order valence-corrected chi connectivity index (χ0v) is 11.2. The second-order valence-electron chi connectivity index (χ2n) is 4.51. The van der Waals surface area contributed by atoms with E-state index in [1.165, 1.54) is 7.11 Å². The molecule has 0 fully saturated rings. The number of aryl methyl sites for hydroxylation is 2. The van der Waals surface area contributed by atoms with Gasteiger partial charge in [0.2, 0.25) is 0 Å². The van der Waals surface area contributed by atoms with Gasteiger partial charge in [0.1, 0.15) is 0 Å². The average Bonchev–Trinajstić information content (AvgIpc) is 2.36. The molecule has 0 atom stereocenters. The summed E-state index contributed by atoms with van der Waals surface area (Å²) in [6, 6.07) is 5.79. The summed E-state index contributed by atoms with van der Waals surface area (Å²) in [6.07, 6.45) is -0.555. The van der Waals surface area contributed by atoms with Crippen LogP contribution in [0.5, 0.6) is 0 Å². The van der Waals surface area contributed by atoms with Gasteiger partial charge in [-0.3, -0.25) is 4.79 Å². The number of ether oxygens (including phenoxy) is 1. The number of aromatic nitrogens is 1. The highest BCUT2D eigenvalue weighted by molar-refractivity contribution is 5.83. The number of nitrogens with one attached hydrogen (secondary N) is 2. The van der Waals surface area contributed by atoms with Gasteiger partial charge in [0, 0.05) is 16.5 Å². The van der Waals surface area contributed by atoms with E-state index in [0.29, 0.717) is 5.56 Å². The summed E-state index contributed by atoms with van der Waals surface area (Å²) in [5.74, 6) is 0. The minimum atomic E-state index is -0.555. The lowest BCUT2D eigenvalue weighted by atomic mass is 10.0. The Bertz CT molecular complexity index is 689. The topological polar surface area (TPSA) is 71.2 Å². The molecule has 19 heavy (non-hydrogen) atoms. The van der Waals surface area contributed by atoms with Crippen molar-refractivity contribution >= 4 is 17.0 Å². The molecule has 2 N–H and O–H groups in total. The smallest absolute Gasteiger partial charge is 0.407 e. The van der Waals surface area contributed by atoms with Crippen molar-refractivity contribution in [1.82, 2.24) is 10.3 Å². The molecular weight excluding hydrogens is 244 g/mol. The van der Waals surface area contributed by atoms with Crippen LogP contribution in [0.4, 0.5) is 4.79 Å². The van der Waals surface area contributed by atoms with Gasteiger partial charge in [-0.1, -0.05) is 6.07 Å². The number of H-pyrrole nitrogens is 1. The predicted octanol–water partition coefficient (Wildman–Crippen LogP) is 2.00. The van der Waals surface area contributed by atoms with Crippen LogP contribution in [0.3, 0.4) is 0 Å². The lowest BCUT2D eigenvalue weighted by Crippen LogP contribution is -2.26. The van der Waals surface area contributed by atoms with Crippen molar-refractivity contribution in [2.24, 2.45) is 0 Å². The molecule has 0 unspecified atom stereocenters. The Morgan fingerprint density at radius 1 is 1.32 bits per heavy atom. The Kier molecular flexibility index (Phi) is 3.55. The number of amides is 1. The monoisotopic (exact) mass is 260 g/mol. The van der Waals surface area contributed by atoms with E-state index in [1.54, 1.807) is 6.07 Å². The first-order chi connectivity index (χ1) is 9.01. The fourth-order valence-corrected chi connectivity index (χ4v) is 2.09. The molecule has 2 aromatic rings. The van der Waals surface area contributed by atoms with Crippen LogP contribution in [0.25, 0.3) is 10.9 Å². The first-order valence-electron chi connectivity index (χ1n) is 5.96. The zero-order chi connectivity index (χ0) is 14.0. The van der Waals surface area contributed by atoms with Crippen LogP contribution in [0.2, 0.25) is 0 Å². The summed E-state index contributed by atoms with van der Waals surface area (Å²) < 4.78 is 4.48.